The van der Waals surface area contributed by atoms with Crippen molar-refractivity contribution in [2.75, 3.05) is 0 Å². The lowest BCUT2D eigenvalue weighted by atomic mass is 10.1. The van der Waals surface area contributed by atoms with E-state index in [1.54, 1.807) is 18.3 Å². The fourth-order valence-electron chi connectivity index (χ4n) is 1.19. The normalized spacial score (nSPS) is 11.6. The summed E-state index contributed by atoms with van der Waals surface area (Å²) in [5.41, 5.74) is 3.45. The summed E-state index contributed by atoms with van der Waals surface area (Å²) in [6.07, 6.45) is 1.62. The number of rotatable bonds is 2. The first-order chi connectivity index (χ1) is 8.69. The van der Waals surface area contributed by atoms with Crippen LogP contribution in [0.3, 0.4) is 0 Å². The van der Waals surface area contributed by atoms with Crippen LogP contribution >= 0.6 is 44.1 Å². The summed E-state index contributed by atoms with van der Waals surface area (Å²) in [5.74, 6) is 0.162. The van der Waals surface area contributed by atoms with Gasteiger partial charge < -0.3 is 10.4 Å². The molecule has 0 radical (unpaired) electrons. The van der Waals surface area contributed by atoms with Crippen molar-refractivity contribution in [1.82, 2.24) is 10.7 Å². The Labute approximate surface area is 134 Å². The maximum Gasteiger partial charge on any atom is 0.187 e. The summed E-state index contributed by atoms with van der Waals surface area (Å²) in [5, 5.41) is 17.2. The number of phenols is 1. The molecule has 19 heavy (non-hydrogen) atoms. The number of thiocarbonyl (C=S) groups is 1. The van der Waals surface area contributed by atoms with Crippen molar-refractivity contribution in [1.29, 1.82) is 0 Å². The van der Waals surface area contributed by atoms with Crippen molar-refractivity contribution in [2.45, 2.75) is 26.3 Å². The largest absolute Gasteiger partial charge is 0.506 e. The molecule has 0 fully saturated rings. The molecule has 0 aliphatic carbocycles. The van der Waals surface area contributed by atoms with E-state index in [1.165, 1.54) is 0 Å². The molecular formula is C12H15Br2N3OS. The number of nitrogens with one attached hydrogen (secondary N) is 2. The first kappa shape index (κ1) is 16.4. The van der Waals surface area contributed by atoms with Gasteiger partial charge in [0.2, 0.25) is 0 Å². The molecule has 1 aromatic rings. The van der Waals surface area contributed by atoms with Crippen LogP contribution in [-0.4, -0.2) is 22.0 Å². The molecule has 7 heteroatoms. The van der Waals surface area contributed by atoms with Gasteiger partial charge in [-0.1, -0.05) is 0 Å². The van der Waals surface area contributed by atoms with Crippen LogP contribution in [0.1, 0.15) is 26.3 Å². The number of hydrogen-bond donors (Lipinski definition) is 3. The minimum Gasteiger partial charge on any atom is -0.506 e. The molecule has 0 amide bonds. The van der Waals surface area contributed by atoms with Crippen LogP contribution in [0.5, 0.6) is 5.75 Å². The molecule has 0 bridgehead atoms. The van der Waals surface area contributed by atoms with Crippen molar-refractivity contribution in [2.24, 2.45) is 5.10 Å². The van der Waals surface area contributed by atoms with Crippen molar-refractivity contribution in [3.05, 3.63) is 26.6 Å². The predicted octanol–water partition coefficient (Wildman–Crippen LogP) is 3.51. The third-order valence-corrected chi connectivity index (χ3v) is 3.31. The molecule has 1 aromatic carbocycles. The van der Waals surface area contributed by atoms with Crippen LogP contribution in [0.25, 0.3) is 0 Å². The number of nitrogens with zero attached hydrogens (tertiary/aromatic N) is 1. The van der Waals surface area contributed by atoms with E-state index in [0.29, 0.717) is 14.1 Å². The first-order valence-corrected chi connectivity index (χ1v) is 7.48. The fourth-order valence-corrected chi connectivity index (χ4v) is 2.77. The Kier molecular flexibility index (Phi) is 5.76. The predicted molar refractivity (Wildman–Crippen MR) is 89.7 cm³/mol. The average Bonchev–Trinajstić information content (AvgIpc) is 2.23. The highest BCUT2D eigenvalue weighted by Crippen LogP contribution is 2.32. The van der Waals surface area contributed by atoms with Gasteiger partial charge in [-0.25, -0.2) is 0 Å². The average molecular weight is 409 g/mol. The van der Waals surface area contributed by atoms with Crippen LogP contribution in [0.15, 0.2) is 26.2 Å². The highest BCUT2D eigenvalue weighted by molar-refractivity contribution is 9.11. The second-order valence-electron chi connectivity index (χ2n) is 4.91. The van der Waals surface area contributed by atoms with Crippen LogP contribution in [0.2, 0.25) is 0 Å². The third-order valence-electron chi connectivity index (χ3n) is 1.91. The van der Waals surface area contributed by atoms with Crippen LogP contribution in [0.4, 0.5) is 0 Å². The Balaban J connectivity index is 2.66. The van der Waals surface area contributed by atoms with Gasteiger partial charge in [0.1, 0.15) is 5.75 Å². The van der Waals surface area contributed by atoms with Gasteiger partial charge in [-0.05, 0) is 82.5 Å². The third kappa shape index (κ3) is 5.88. The summed E-state index contributed by atoms with van der Waals surface area (Å²) >= 11 is 11.6. The summed E-state index contributed by atoms with van der Waals surface area (Å²) in [6.45, 7) is 6.04. The molecule has 0 unspecified atom stereocenters. The Morgan fingerprint density at radius 3 is 2.32 bits per heavy atom. The lowest BCUT2D eigenvalue weighted by molar-refractivity contribution is 0.468. The van der Waals surface area contributed by atoms with E-state index in [0.717, 1.165) is 5.56 Å². The molecule has 104 valence electrons. The Morgan fingerprint density at radius 1 is 1.32 bits per heavy atom. The van der Waals surface area contributed by atoms with E-state index >= 15 is 0 Å². The second kappa shape index (κ2) is 6.67. The summed E-state index contributed by atoms with van der Waals surface area (Å²) in [6, 6.07) is 3.51. The van der Waals surface area contributed by atoms with Gasteiger partial charge in [-0.3, -0.25) is 5.43 Å². The lowest BCUT2D eigenvalue weighted by Crippen LogP contribution is -2.44. The lowest BCUT2D eigenvalue weighted by Gasteiger charge is -2.21. The molecule has 0 saturated carbocycles. The van der Waals surface area contributed by atoms with Gasteiger partial charge in [0.05, 0.1) is 15.2 Å². The molecule has 1 rings (SSSR count). The van der Waals surface area contributed by atoms with Gasteiger partial charge >= 0.3 is 0 Å². The molecular weight excluding hydrogens is 394 g/mol. The van der Waals surface area contributed by atoms with Crippen molar-refractivity contribution in [3.63, 3.8) is 0 Å². The molecule has 0 atom stereocenters. The fraction of sp³-hybridized carbons (Fsp3) is 0.333. The molecule has 4 nitrogen and oxygen atoms in total. The smallest absolute Gasteiger partial charge is 0.187 e. The maximum absolute atomic E-state index is 9.59. The number of hydrogen-bond acceptors (Lipinski definition) is 3. The van der Waals surface area contributed by atoms with E-state index in [1.807, 2.05) is 20.8 Å². The van der Waals surface area contributed by atoms with Crippen molar-refractivity contribution < 1.29 is 5.11 Å². The number of halogens is 2. The monoisotopic (exact) mass is 407 g/mol. The molecule has 0 aliphatic heterocycles. The van der Waals surface area contributed by atoms with Gasteiger partial charge in [0.25, 0.3) is 0 Å². The number of aromatic hydroxyl groups is 1. The van der Waals surface area contributed by atoms with E-state index in [-0.39, 0.29) is 11.3 Å². The Morgan fingerprint density at radius 2 is 1.84 bits per heavy atom. The Hall–Kier alpha value is -0.660. The molecule has 0 aromatic heterocycles. The van der Waals surface area contributed by atoms with E-state index in [4.69, 9.17) is 12.2 Å². The summed E-state index contributed by atoms with van der Waals surface area (Å²) < 4.78 is 1.19. The zero-order chi connectivity index (χ0) is 14.6. The van der Waals surface area contributed by atoms with E-state index in [2.05, 4.69) is 47.7 Å². The number of hydrazone groups is 1. The quantitative estimate of drug-likeness (QED) is 0.398. The molecule has 0 heterocycles. The summed E-state index contributed by atoms with van der Waals surface area (Å²) in [4.78, 5) is 0. The van der Waals surface area contributed by atoms with E-state index in [9.17, 15) is 5.11 Å². The molecule has 0 aliphatic rings. The highest BCUT2D eigenvalue weighted by atomic mass is 79.9. The molecule has 3 N–H and O–H groups in total. The van der Waals surface area contributed by atoms with Gasteiger partial charge in [-0.15, -0.1) is 0 Å². The molecule has 0 spiro atoms. The first-order valence-electron chi connectivity index (χ1n) is 5.48. The zero-order valence-corrected chi connectivity index (χ0v) is 14.8. The van der Waals surface area contributed by atoms with Gasteiger partial charge in [0, 0.05) is 5.54 Å². The zero-order valence-electron chi connectivity index (χ0n) is 10.8. The molecule has 0 saturated heterocycles. The standard InChI is InChI=1S/C12H15Br2N3OS/c1-12(2,3)16-11(19)17-15-6-7-4-8(13)10(18)9(14)5-7/h4-6,18H,1-3H3,(H2,16,17,19)/b15-6+. The minimum absolute atomic E-state index is 0.107. The highest BCUT2D eigenvalue weighted by Gasteiger charge is 2.10. The number of benzene rings is 1. The minimum atomic E-state index is -0.107. The maximum atomic E-state index is 9.59. The summed E-state index contributed by atoms with van der Waals surface area (Å²) in [7, 11) is 0. The van der Waals surface area contributed by atoms with Crippen molar-refractivity contribution in [3.8, 4) is 5.75 Å². The second-order valence-corrected chi connectivity index (χ2v) is 7.02. The van der Waals surface area contributed by atoms with Crippen LogP contribution in [0, 0.1) is 0 Å². The van der Waals surface area contributed by atoms with Crippen LogP contribution in [-0.2, 0) is 0 Å². The Bertz CT molecular complexity index is 489. The van der Waals surface area contributed by atoms with Crippen LogP contribution < -0.4 is 10.7 Å². The SMILES string of the molecule is CC(C)(C)NC(=S)N/N=C/c1cc(Br)c(O)c(Br)c1. The van der Waals surface area contributed by atoms with Crippen molar-refractivity contribution >= 4 is 55.4 Å². The van der Waals surface area contributed by atoms with E-state index < -0.39 is 0 Å². The number of phenolic OH excluding ortho intramolecular Hbond substituents is 1. The van der Waals surface area contributed by atoms with Gasteiger partial charge in [-0.2, -0.15) is 5.10 Å². The van der Waals surface area contributed by atoms with Gasteiger partial charge in [0.15, 0.2) is 5.11 Å². The topological polar surface area (TPSA) is 56.7 Å².